The number of para-hydroxylation sites is 3. The molecule has 4 nitrogen and oxygen atoms in total. The van der Waals surface area contributed by atoms with Crippen LogP contribution >= 0.6 is 0 Å². The molecule has 0 radical (unpaired) electrons. The number of hydrogen-bond donors (Lipinski definition) is 0. The molecule has 0 saturated heterocycles. The summed E-state index contributed by atoms with van der Waals surface area (Å²) in [4.78, 5) is 10.6. The van der Waals surface area contributed by atoms with Gasteiger partial charge in [-0.2, -0.15) is 0 Å². The number of benzene rings is 9. The molecule has 0 saturated carbocycles. The summed E-state index contributed by atoms with van der Waals surface area (Å²) in [6, 6.07) is 82.1. The highest BCUT2D eigenvalue weighted by Gasteiger charge is 2.23. The largest absolute Gasteiger partial charge is 0.307 e. The van der Waals surface area contributed by atoms with Crippen molar-refractivity contribution in [1.82, 2.24) is 19.1 Å². The van der Waals surface area contributed by atoms with Crippen LogP contribution in [-0.2, 0) is 0 Å². The molecule has 0 spiro atoms. The summed E-state index contributed by atoms with van der Waals surface area (Å²) in [5.74, 6) is 0.683. The van der Waals surface area contributed by atoms with Gasteiger partial charge in [-0.05, 0) is 65.2 Å². The Morgan fingerprint density at radius 1 is 0.290 bits per heavy atom. The van der Waals surface area contributed by atoms with Gasteiger partial charge in [0.15, 0.2) is 5.82 Å². The van der Waals surface area contributed by atoms with Crippen LogP contribution in [-0.4, -0.2) is 19.1 Å². The lowest BCUT2D eigenvalue weighted by Gasteiger charge is -2.18. The molecule has 4 heteroatoms. The van der Waals surface area contributed by atoms with E-state index in [0.29, 0.717) is 5.82 Å². The number of aromatic nitrogens is 4. The summed E-state index contributed by atoms with van der Waals surface area (Å²) < 4.78 is 4.94. The van der Waals surface area contributed by atoms with Crippen molar-refractivity contribution in [3.63, 3.8) is 0 Å². The summed E-state index contributed by atoms with van der Waals surface area (Å²) in [7, 11) is 0. The van der Waals surface area contributed by atoms with Gasteiger partial charge >= 0.3 is 0 Å². The van der Waals surface area contributed by atoms with E-state index >= 15 is 0 Å². The van der Waals surface area contributed by atoms with Gasteiger partial charge in [0.1, 0.15) is 0 Å². The predicted molar refractivity (Wildman–Crippen MR) is 258 cm³/mol. The normalized spacial score (nSPS) is 11.5. The molecular formula is C58H38N4. The van der Waals surface area contributed by atoms with Crippen LogP contribution < -0.4 is 0 Å². The Kier molecular flexibility index (Phi) is 8.46. The lowest BCUT2D eigenvalue weighted by molar-refractivity contribution is 1.15. The fraction of sp³-hybridized carbons (Fsp3) is 0. The van der Waals surface area contributed by atoms with E-state index < -0.39 is 0 Å². The first-order valence-corrected chi connectivity index (χ1v) is 21.1. The molecule has 3 aromatic heterocycles. The van der Waals surface area contributed by atoms with E-state index in [0.717, 1.165) is 67.2 Å². The molecule has 3 heterocycles. The lowest BCUT2D eigenvalue weighted by atomic mass is 9.98. The van der Waals surface area contributed by atoms with E-state index in [1.807, 2.05) is 12.1 Å². The third-order valence-corrected chi connectivity index (χ3v) is 12.1. The average Bonchev–Trinajstić information content (AvgIpc) is 3.88. The van der Waals surface area contributed by atoms with Crippen LogP contribution in [0.3, 0.4) is 0 Å². The molecule has 0 unspecified atom stereocenters. The standard InChI is InChI=1S/C58H38N4/c1-5-18-39(19-6-1)42-24-17-25-44(36-42)58-59-51(41-22-9-3-10-23-41)38-52(60-58)43-32-35-55(50(37-43)40-20-7-2-8-21-40)62-54-31-16-14-29-47(54)49-34-33-48-46-28-13-15-30-53(46)61(56(48)57(49)62)45-26-11-4-12-27-45/h1-38H. The second kappa shape index (κ2) is 14.7. The van der Waals surface area contributed by atoms with Crippen LogP contribution in [0.1, 0.15) is 0 Å². The molecule has 0 aliphatic rings. The van der Waals surface area contributed by atoms with Crippen LogP contribution in [0.4, 0.5) is 0 Å². The monoisotopic (exact) mass is 790 g/mol. The third-order valence-electron chi connectivity index (χ3n) is 12.1. The highest BCUT2D eigenvalue weighted by molar-refractivity contribution is 6.24. The Bertz CT molecular complexity index is 3610. The van der Waals surface area contributed by atoms with Crippen molar-refractivity contribution >= 4 is 43.6 Å². The van der Waals surface area contributed by atoms with E-state index in [1.54, 1.807) is 0 Å². The smallest absolute Gasteiger partial charge is 0.160 e. The topological polar surface area (TPSA) is 35.6 Å². The van der Waals surface area contributed by atoms with Gasteiger partial charge in [0.25, 0.3) is 0 Å². The molecule has 0 amide bonds. The summed E-state index contributed by atoms with van der Waals surface area (Å²) in [6.45, 7) is 0. The summed E-state index contributed by atoms with van der Waals surface area (Å²) in [5.41, 5.74) is 16.2. The lowest BCUT2D eigenvalue weighted by Crippen LogP contribution is -2.01. The Labute approximate surface area is 359 Å². The zero-order chi connectivity index (χ0) is 41.0. The van der Waals surface area contributed by atoms with Gasteiger partial charge in [-0.1, -0.05) is 182 Å². The number of hydrogen-bond acceptors (Lipinski definition) is 2. The average molecular weight is 791 g/mol. The van der Waals surface area contributed by atoms with Crippen molar-refractivity contribution < 1.29 is 0 Å². The molecule has 0 atom stereocenters. The highest BCUT2D eigenvalue weighted by Crippen LogP contribution is 2.44. The van der Waals surface area contributed by atoms with Crippen molar-refractivity contribution in [2.75, 3.05) is 0 Å². The Balaban J connectivity index is 1.13. The quantitative estimate of drug-likeness (QED) is 0.161. The van der Waals surface area contributed by atoms with Gasteiger partial charge in [-0.3, -0.25) is 0 Å². The molecule has 0 bridgehead atoms. The zero-order valence-corrected chi connectivity index (χ0v) is 33.7. The first-order chi connectivity index (χ1) is 30.8. The summed E-state index contributed by atoms with van der Waals surface area (Å²) in [5, 5.41) is 4.87. The molecule has 62 heavy (non-hydrogen) atoms. The van der Waals surface area contributed by atoms with Crippen molar-refractivity contribution in [2.24, 2.45) is 0 Å². The fourth-order valence-corrected chi connectivity index (χ4v) is 9.28. The van der Waals surface area contributed by atoms with E-state index in [2.05, 4.69) is 228 Å². The van der Waals surface area contributed by atoms with Crippen molar-refractivity contribution in [3.05, 3.63) is 231 Å². The van der Waals surface area contributed by atoms with Crippen molar-refractivity contribution in [1.29, 1.82) is 0 Å². The van der Waals surface area contributed by atoms with Crippen molar-refractivity contribution in [2.45, 2.75) is 0 Å². The minimum atomic E-state index is 0.683. The third kappa shape index (κ3) is 5.92. The van der Waals surface area contributed by atoms with Gasteiger partial charge < -0.3 is 9.13 Å². The van der Waals surface area contributed by atoms with Gasteiger partial charge in [0.05, 0.1) is 39.1 Å². The second-order valence-electron chi connectivity index (χ2n) is 15.8. The molecule has 12 aromatic rings. The maximum absolute atomic E-state index is 5.35. The summed E-state index contributed by atoms with van der Waals surface area (Å²) in [6.07, 6.45) is 0. The van der Waals surface area contributed by atoms with Gasteiger partial charge in [0, 0.05) is 49.5 Å². The van der Waals surface area contributed by atoms with E-state index in [-0.39, 0.29) is 0 Å². The van der Waals surface area contributed by atoms with Crippen LogP contribution in [0.5, 0.6) is 0 Å². The maximum Gasteiger partial charge on any atom is 0.160 e. The number of rotatable bonds is 7. The second-order valence-corrected chi connectivity index (χ2v) is 15.8. The van der Waals surface area contributed by atoms with Gasteiger partial charge in [0.2, 0.25) is 0 Å². The Morgan fingerprint density at radius 3 is 1.45 bits per heavy atom. The Hall–Kier alpha value is -8.34. The molecule has 12 rings (SSSR count). The summed E-state index contributed by atoms with van der Waals surface area (Å²) >= 11 is 0. The van der Waals surface area contributed by atoms with Gasteiger partial charge in [-0.15, -0.1) is 0 Å². The molecule has 0 aliphatic carbocycles. The number of fused-ring (bicyclic) bond motifs is 7. The van der Waals surface area contributed by atoms with Crippen LogP contribution in [0.2, 0.25) is 0 Å². The first kappa shape index (κ1) is 35.6. The van der Waals surface area contributed by atoms with E-state index in [9.17, 15) is 0 Å². The fourth-order valence-electron chi connectivity index (χ4n) is 9.28. The van der Waals surface area contributed by atoms with Gasteiger partial charge in [-0.25, -0.2) is 9.97 Å². The Morgan fingerprint density at radius 2 is 0.790 bits per heavy atom. The molecule has 290 valence electrons. The van der Waals surface area contributed by atoms with Crippen LogP contribution in [0.15, 0.2) is 231 Å². The zero-order valence-electron chi connectivity index (χ0n) is 33.7. The molecule has 0 fully saturated rings. The highest BCUT2D eigenvalue weighted by atomic mass is 15.0. The number of nitrogens with zero attached hydrogens (tertiary/aromatic N) is 4. The maximum atomic E-state index is 5.35. The first-order valence-electron chi connectivity index (χ1n) is 21.1. The molecule has 0 N–H and O–H groups in total. The van der Waals surface area contributed by atoms with E-state index in [4.69, 9.17) is 9.97 Å². The van der Waals surface area contributed by atoms with E-state index in [1.165, 1.54) is 38.1 Å². The minimum absolute atomic E-state index is 0.683. The van der Waals surface area contributed by atoms with Crippen molar-refractivity contribution in [3.8, 4) is 67.5 Å². The molecular weight excluding hydrogens is 753 g/mol. The molecule has 0 aliphatic heterocycles. The SMILES string of the molecule is c1ccc(-c2cccc(-c3nc(-c4ccccc4)cc(-c4ccc(-n5c6ccccc6c6ccc7c8ccccc8n(-c8ccccc8)c7c65)c(-c5ccccc5)c4)n3)c2)cc1. The van der Waals surface area contributed by atoms with Crippen LogP contribution in [0.25, 0.3) is 111 Å². The predicted octanol–water partition coefficient (Wildman–Crippen LogP) is 15.0. The molecule has 9 aromatic carbocycles. The minimum Gasteiger partial charge on any atom is -0.307 e. The van der Waals surface area contributed by atoms with Crippen LogP contribution in [0, 0.1) is 0 Å².